The number of H-pyrrole nitrogens is 1. The fourth-order valence-electron chi connectivity index (χ4n) is 2.15. The Morgan fingerprint density at radius 1 is 0.952 bits per heavy atom. The Labute approximate surface area is 118 Å². The van der Waals surface area contributed by atoms with Gasteiger partial charge in [-0.2, -0.15) is 0 Å². The smallest absolute Gasteiger partial charge is 0.201 e. The van der Waals surface area contributed by atoms with Crippen LogP contribution in [0.5, 0.6) is 0 Å². The first kappa shape index (κ1) is 13.5. The molecule has 0 fully saturated rings. The SMILES string of the molecule is Fc1cc(F)cc(CCNc2nc3ccc(F)cc3[nH]2)c1. The van der Waals surface area contributed by atoms with Crippen LogP contribution in [0.4, 0.5) is 19.1 Å². The van der Waals surface area contributed by atoms with Crippen LogP contribution in [0.1, 0.15) is 5.56 Å². The minimum absolute atomic E-state index is 0.340. The molecule has 0 saturated carbocycles. The van der Waals surface area contributed by atoms with Crippen LogP contribution in [-0.2, 0) is 6.42 Å². The summed E-state index contributed by atoms with van der Waals surface area (Å²) in [5, 5.41) is 3.01. The molecule has 0 atom stereocenters. The number of benzene rings is 2. The molecule has 0 unspecified atom stereocenters. The first-order chi connectivity index (χ1) is 10.1. The van der Waals surface area contributed by atoms with Crippen LogP contribution in [0.25, 0.3) is 11.0 Å². The zero-order chi connectivity index (χ0) is 14.8. The molecule has 0 aliphatic heterocycles. The number of aromatic amines is 1. The predicted octanol–water partition coefficient (Wildman–Crippen LogP) is 3.63. The number of hydrogen-bond donors (Lipinski definition) is 2. The molecular weight excluding hydrogens is 279 g/mol. The molecule has 0 radical (unpaired) electrons. The first-order valence-electron chi connectivity index (χ1n) is 6.44. The monoisotopic (exact) mass is 291 g/mol. The minimum Gasteiger partial charge on any atom is -0.355 e. The maximum atomic E-state index is 13.1. The van der Waals surface area contributed by atoms with Crippen molar-refractivity contribution >= 4 is 17.0 Å². The van der Waals surface area contributed by atoms with Gasteiger partial charge in [-0.3, -0.25) is 0 Å². The molecule has 3 nitrogen and oxygen atoms in total. The van der Waals surface area contributed by atoms with Gasteiger partial charge in [-0.05, 0) is 42.3 Å². The number of hydrogen-bond acceptors (Lipinski definition) is 2. The summed E-state index contributed by atoms with van der Waals surface area (Å²) in [6, 6.07) is 7.69. The Hall–Kier alpha value is -2.50. The maximum absolute atomic E-state index is 13.1. The van der Waals surface area contributed by atoms with E-state index in [1.807, 2.05) is 0 Å². The highest BCUT2D eigenvalue weighted by molar-refractivity contribution is 5.77. The molecule has 3 aromatic rings. The fraction of sp³-hybridized carbons (Fsp3) is 0.133. The Bertz CT molecular complexity index is 763. The summed E-state index contributed by atoms with van der Waals surface area (Å²) in [7, 11) is 0. The van der Waals surface area contributed by atoms with E-state index in [1.165, 1.54) is 24.3 Å². The molecule has 21 heavy (non-hydrogen) atoms. The summed E-state index contributed by atoms with van der Waals surface area (Å²) in [6.07, 6.45) is 0.445. The van der Waals surface area contributed by atoms with Crippen LogP contribution in [0.2, 0.25) is 0 Å². The summed E-state index contributed by atoms with van der Waals surface area (Å²) >= 11 is 0. The third kappa shape index (κ3) is 3.16. The standard InChI is InChI=1S/C15H12F3N3/c16-10-1-2-13-14(8-10)21-15(20-13)19-4-3-9-5-11(17)7-12(18)6-9/h1-2,5-8H,3-4H2,(H2,19,20,21). The molecule has 0 aliphatic carbocycles. The second kappa shape index (κ2) is 5.47. The molecule has 1 aromatic heterocycles. The molecule has 0 amide bonds. The summed E-state index contributed by atoms with van der Waals surface area (Å²) in [5.41, 5.74) is 1.80. The molecule has 3 rings (SSSR count). The average Bonchev–Trinajstić information content (AvgIpc) is 2.79. The highest BCUT2D eigenvalue weighted by atomic mass is 19.1. The van der Waals surface area contributed by atoms with Crippen molar-refractivity contribution in [3.8, 4) is 0 Å². The second-order valence-electron chi connectivity index (χ2n) is 4.70. The number of halogens is 3. The summed E-state index contributed by atoms with van der Waals surface area (Å²) in [5.74, 6) is -1.03. The Kier molecular flexibility index (Phi) is 3.51. The Morgan fingerprint density at radius 3 is 2.48 bits per heavy atom. The van der Waals surface area contributed by atoms with Gasteiger partial charge >= 0.3 is 0 Å². The van der Waals surface area contributed by atoms with Gasteiger partial charge in [0.2, 0.25) is 5.95 Å². The molecule has 108 valence electrons. The van der Waals surface area contributed by atoms with E-state index in [0.717, 1.165) is 6.07 Å². The third-order valence-corrected chi connectivity index (χ3v) is 3.07. The lowest BCUT2D eigenvalue weighted by Gasteiger charge is -2.03. The number of rotatable bonds is 4. The normalized spacial score (nSPS) is 11.0. The van der Waals surface area contributed by atoms with E-state index >= 15 is 0 Å². The van der Waals surface area contributed by atoms with E-state index in [1.54, 1.807) is 6.07 Å². The van der Waals surface area contributed by atoms with Gasteiger partial charge in [-0.1, -0.05) is 0 Å². The molecule has 0 bridgehead atoms. The minimum atomic E-state index is -0.593. The van der Waals surface area contributed by atoms with Gasteiger partial charge in [0.05, 0.1) is 11.0 Å². The largest absolute Gasteiger partial charge is 0.355 e. The molecule has 2 aromatic carbocycles. The number of anilines is 1. The number of aromatic nitrogens is 2. The first-order valence-corrected chi connectivity index (χ1v) is 6.44. The van der Waals surface area contributed by atoms with Crippen LogP contribution in [0.3, 0.4) is 0 Å². The van der Waals surface area contributed by atoms with Crippen LogP contribution in [0.15, 0.2) is 36.4 Å². The molecule has 1 heterocycles. The number of fused-ring (bicyclic) bond motifs is 1. The van der Waals surface area contributed by atoms with Crippen molar-refractivity contribution in [3.63, 3.8) is 0 Å². The number of imidazole rings is 1. The fourth-order valence-corrected chi connectivity index (χ4v) is 2.15. The summed E-state index contributed by atoms with van der Waals surface area (Å²) in [4.78, 5) is 7.17. The van der Waals surface area contributed by atoms with Gasteiger partial charge in [0.25, 0.3) is 0 Å². The maximum Gasteiger partial charge on any atom is 0.201 e. The molecular formula is C15H12F3N3. The van der Waals surface area contributed by atoms with Crippen molar-refractivity contribution in [3.05, 3.63) is 59.4 Å². The Morgan fingerprint density at radius 2 is 1.71 bits per heavy atom. The van der Waals surface area contributed by atoms with E-state index in [4.69, 9.17) is 0 Å². The summed E-state index contributed by atoms with van der Waals surface area (Å²) in [6.45, 7) is 0.450. The Balaban J connectivity index is 1.66. The topological polar surface area (TPSA) is 40.7 Å². The third-order valence-electron chi connectivity index (χ3n) is 3.07. The van der Waals surface area contributed by atoms with E-state index in [0.29, 0.717) is 35.5 Å². The van der Waals surface area contributed by atoms with Gasteiger partial charge in [0.1, 0.15) is 17.5 Å². The highest BCUT2D eigenvalue weighted by Gasteiger charge is 2.04. The molecule has 0 saturated heterocycles. The predicted molar refractivity (Wildman–Crippen MR) is 74.6 cm³/mol. The van der Waals surface area contributed by atoms with Crippen molar-refractivity contribution in [1.29, 1.82) is 0 Å². The van der Waals surface area contributed by atoms with Crippen LogP contribution in [0, 0.1) is 17.5 Å². The average molecular weight is 291 g/mol. The zero-order valence-corrected chi connectivity index (χ0v) is 11.0. The van der Waals surface area contributed by atoms with Crippen LogP contribution >= 0.6 is 0 Å². The van der Waals surface area contributed by atoms with Crippen molar-refractivity contribution in [2.75, 3.05) is 11.9 Å². The van der Waals surface area contributed by atoms with Crippen molar-refractivity contribution in [2.24, 2.45) is 0 Å². The lowest BCUT2D eigenvalue weighted by atomic mass is 10.1. The van der Waals surface area contributed by atoms with Crippen LogP contribution < -0.4 is 5.32 Å². The van der Waals surface area contributed by atoms with E-state index in [2.05, 4.69) is 15.3 Å². The molecule has 0 aliphatic rings. The van der Waals surface area contributed by atoms with Gasteiger partial charge < -0.3 is 10.3 Å². The van der Waals surface area contributed by atoms with Crippen molar-refractivity contribution in [2.45, 2.75) is 6.42 Å². The zero-order valence-electron chi connectivity index (χ0n) is 11.0. The molecule has 2 N–H and O–H groups in total. The van der Waals surface area contributed by atoms with Crippen molar-refractivity contribution < 1.29 is 13.2 Å². The lowest BCUT2D eigenvalue weighted by Crippen LogP contribution is -2.06. The van der Waals surface area contributed by atoms with E-state index < -0.39 is 11.6 Å². The molecule has 0 spiro atoms. The van der Waals surface area contributed by atoms with Crippen molar-refractivity contribution in [1.82, 2.24) is 9.97 Å². The van der Waals surface area contributed by atoms with Gasteiger partial charge in [-0.15, -0.1) is 0 Å². The van der Waals surface area contributed by atoms with E-state index in [9.17, 15) is 13.2 Å². The number of nitrogens with zero attached hydrogens (tertiary/aromatic N) is 1. The quantitative estimate of drug-likeness (QED) is 0.770. The van der Waals surface area contributed by atoms with Gasteiger partial charge in [0, 0.05) is 12.6 Å². The highest BCUT2D eigenvalue weighted by Crippen LogP contribution is 2.15. The van der Waals surface area contributed by atoms with Crippen LogP contribution in [-0.4, -0.2) is 16.5 Å². The van der Waals surface area contributed by atoms with E-state index in [-0.39, 0.29) is 5.82 Å². The van der Waals surface area contributed by atoms with Gasteiger partial charge in [0.15, 0.2) is 0 Å². The lowest BCUT2D eigenvalue weighted by molar-refractivity contribution is 0.580. The molecule has 6 heteroatoms. The number of nitrogens with one attached hydrogen (secondary N) is 2. The van der Waals surface area contributed by atoms with Gasteiger partial charge in [-0.25, -0.2) is 18.2 Å². The second-order valence-corrected chi connectivity index (χ2v) is 4.70. The summed E-state index contributed by atoms with van der Waals surface area (Å²) < 4.78 is 39.1.